The van der Waals surface area contributed by atoms with Gasteiger partial charge in [-0.2, -0.15) is 0 Å². The largest absolute Gasteiger partial charge is 0.359 e. The van der Waals surface area contributed by atoms with Crippen LogP contribution in [0.2, 0.25) is 0 Å². The normalized spacial score (nSPS) is 21.3. The average molecular weight is 323 g/mol. The Morgan fingerprint density at radius 2 is 1.83 bits per heavy atom. The van der Waals surface area contributed by atoms with Crippen molar-refractivity contribution in [2.75, 3.05) is 53.4 Å². The summed E-state index contributed by atoms with van der Waals surface area (Å²) >= 11 is 0. The summed E-state index contributed by atoms with van der Waals surface area (Å²) in [6.07, 6.45) is 6.86. The number of nitrogens with zero attached hydrogens (tertiary/aromatic N) is 3. The highest BCUT2D eigenvalue weighted by molar-refractivity contribution is 5.80. The van der Waals surface area contributed by atoms with Crippen LogP contribution in [0, 0.1) is 5.92 Å². The fraction of sp³-hybridized carbons (Fsp3) is 0.882. The molecule has 0 aliphatic carbocycles. The van der Waals surface area contributed by atoms with Gasteiger partial charge in [0, 0.05) is 46.7 Å². The van der Waals surface area contributed by atoms with E-state index in [0.29, 0.717) is 12.3 Å². The van der Waals surface area contributed by atoms with E-state index >= 15 is 0 Å². The van der Waals surface area contributed by atoms with Crippen LogP contribution in [-0.4, -0.2) is 75.0 Å². The molecule has 0 aromatic rings. The Kier molecular flexibility index (Phi) is 7.65. The van der Waals surface area contributed by atoms with Crippen molar-refractivity contribution in [3.63, 3.8) is 0 Å². The molecule has 2 aliphatic rings. The number of hydrogen-bond donors (Lipinski definition) is 2. The number of carbonyl (C=O) groups excluding carboxylic acids is 1. The minimum absolute atomic E-state index is 0.160. The minimum Gasteiger partial charge on any atom is -0.359 e. The van der Waals surface area contributed by atoms with Gasteiger partial charge < -0.3 is 20.4 Å². The monoisotopic (exact) mass is 323 g/mol. The number of amides is 1. The Labute approximate surface area is 140 Å². The van der Waals surface area contributed by atoms with Gasteiger partial charge in [-0.05, 0) is 44.7 Å². The lowest BCUT2D eigenvalue weighted by atomic mass is 9.93. The van der Waals surface area contributed by atoms with Crippen molar-refractivity contribution in [2.24, 2.45) is 10.9 Å². The minimum atomic E-state index is 0.160. The molecular weight excluding hydrogens is 290 g/mol. The smallest absolute Gasteiger partial charge is 0.220 e. The van der Waals surface area contributed by atoms with E-state index in [9.17, 15) is 4.79 Å². The van der Waals surface area contributed by atoms with Crippen LogP contribution in [0.4, 0.5) is 0 Å². The van der Waals surface area contributed by atoms with Crippen molar-refractivity contribution in [1.29, 1.82) is 0 Å². The SMILES string of the molecule is CN=C(NCCN1CCCCC1)N1CCC(CC(=O)NC)CC1. The third-order valence-corrected chi connectivity index (χ3v) is 5.04. The maximum Gasteiger partial charge on any atom is 0.220 e. The number of hydrogen-bond acceptors (Lipinski definition) is 3. The topological polar surface area (TPSA) is 60.0 Å². The van der Waals surface area contributed by atoms with Crippen molar-refractivity contribution >= 4 is 11.9 Å². The highest BCUT2D eigenvalue weighted by atomic mass is 16.1. The summed E-state index contributed by atoms with van der Waals surface area (Å²) in [5.41, 5.74) is 0. The molecule has 2 saturated heterocycles. The molecule has 0 bridgehead atoms. The molecule has 0 unspecified atom stereocenters. The zero-order chi connectivity index (χ0) is 16.5. The van der Waals surface area contributed by atoms with Gasteiger partial charge in [0.15, 0.2) is 5.96 Å². The van der Waals surface area contributed by atoms with Gasteiger partial charge >= 0.3 is 0 Å². The van der Waals surface area contributed by atoms with E-state index in [4.69, 9.17) is 0 Å². The molecule has 0 saturated carbocycles. The van der Waals surface area contributed by atoms with Crippen molar-refractivity contribution in [1.82, 2.24) is 20.4 Å². The standard InChI is InChI=1S/C17H33N5O/c1-18-16(23)14-15-6-11-22(12-7-15)17(19-2)20-8-13-21-9-4-3-5-10-21/h15H,3-14H2,1-2H3,(H,18,23)(H,19,20). The first-order chi connectivity index (χ1) is 11.2. The van der Waals surface area contributed by atoms with Crippen LogP contribution in [0.3, 0.4) is 0 Å². The lowest BCUT2D eigenvalue weighted by molar-refractivity contribution is -0.121. The summed E-state index contributed by atoms with van der Waals surface area (Å²) in [7, 11) is 3.57. The highest BCUT2D eigenvalue weighted by Gasteiger charge is 2.23. The maximum absolute atomic E-state index is 11.5. The zero-order valence-corrected chi connectivity index (χ0v) is 14.8. The number of guanidine groups is 1. The molecular formula is C17H33N5O. The first-order valence-corrected chi connectivity index (χ1v) is 9.11. The van der Waals surface area contributed by atoms with Crippen LogP contribution >= 0.6 is 0 Å². The first kappa shape index (κ1) is 18.0. The Balaban J connectivity index is 1.67. The van der Waals surface area contributed by atoms with Gasteiger partial charge in [-0.3, -0.25) is 9.79 Å². The maximum atomic E-state index is 11.5. The Morgan fingerprint density at radius 1 is 1.13 bits per heavy atom. The molecule has 6 nitrogen and oxygen atoms in total. The molecule has 0 radical (unpaired) electrons. The first-order valence-electron chi connectivity index (χ1n) is 9.11. The lowest BCUT2D eigenvalue weighted by Gasteiger charge is -2.34. The summed E-state index contributed by atoms with van der Waals surface area (Å²) in [6.45, 7) is 6.53. The predicted molar refractivity (Wildman–Crippen MR) is 94.6 cm³/mol. The van der Waals surface area contributed by atoms with Crippen LogP contribution in [0.15, 0.2) is 4.99 Å². The van der Waals surface area contributed by atoms with Crippen molar-refractivity contribution in [2.45, 2.75) is 38.5 Å². The number of likely N-dealkylation sites (tertiary alicyclic amines) is 2. The highest BCUT2D eigenvalue weighted by Crippen LogP contribution is 2.20. The molecule has 2 rings (SSSR count). The molecule has 6 heteroatoms. The van der Waals surface area contributed by atoms with E-state index in [1.165, 1.54) is 32.4 Å². The summed E-state index contributed by atoms with van der Waals surface area (Å²) in [6, 6.07) is 0. The van der Waals surface area contributed by atoms with E-state index in [-0.39, 0.29) is 5.91 Å². The molecule has 2 fully saturated rings. The van der Waals surface area contributed by atoms with Gasteiger partial charge in [-0.1, -0.05) is 6.42 Å². The predicted octanol–water partition coefficient (Wildman–Crippen LogP) is 0.896. The second-order valence-corrected chi connectivity index (χ2v) is 6.68. The average Bonchev–Trinajstić information content (AvgIpc) is 2.60. The molecule has 0 aromatic heterocycles. The van der Waals surface area contributed by atoms with Crippen LogP contribution in [-0.2, 0) is 4.79 Å². The molecule has 2 N–H and O–H groups in total. The third kappa shape index (κ3) is 6.01. The fourth-order valence-corrected chi connectivity index (χ4v) is 3.55. The van der Waals surface area contributed by atoms with Gasteiger partial charge in [-0.25, -0.2) is 0 Å². The molecule has 0 aromatic carbocycles. The number of nitrogens with one attached hydrogen (secondary N) is 2. The molecule has 1 amide bonds. The van der Waals surface area contributed by atoms with Crippen LogP contribution in [0.25, 0.3) is 0 Å². The van der Waals surface area contributed by atoms with Crippen LogP contribution < -0.4 is 10.6 Å². The second kappa shape index (κ2) is 9.75. The Hall–Kier alpha value is -1.30. The Morgan fingerprint density at radius 3 is 2.43 bits per heavy atom. The molecule has 23 heavy (non-hydrogen) atoms. The van der Waals surface area contributed by atoms with Crippen LogP contribution in [0.1, 0.15) is 38.5 Å². The van der Waals surface area contributed by atoms with Crippen molar-refractivity contribution in [3.8, 4) is 0 Å². The summed E-state index contributed by atoms with van der Waals surface area (Å²) in [5, 5.41) is 6.23. The number of rotatable bonds is 5. The molecule has 132 valence electrons. The quantitative estimate of drug-likeness (QED) is 0.583. The van der Waals surface area contributed by atoms with Crippen molar-refractivity contribution in [3.05, 3.63) is 0 Å². The van der Waals surface area contributed by atoms with E-state index in [1.807, 2.05) is 7.05 Å². The Bertz CT molecular complexity index is 384. The second-order valence-electron chi connectivity index (χ2n) is 6.68. The van der Waals surface area contributed by atoms with E-state index in [1.54, 1.807) is 7.05 Å². The molecule has 0 atom stereocenters. The number of carbonyl (C=O) groups is 1. The van der Waals surface area contributed by atoms with Gasteiger partial charge in [0.05, 0.1) is 0 Å². The molecule has 0 spiro atoms. The third-order valence-electron chi connectivity index (χ3n) is 5.04. The van der Waals surface area contributed by atoms with E-state index in [0.717, 1.165) is 45.0 Å². The summed E-state index contributed by atoms with van der Waals surface area (Å²) < 4.78 is 0. The number of piperidine rings is 2. The fourth-order valence-electron chi connectivity index (χ4n) is 3.55. The van der Waals surface area contributed by atoms with E-state index in [2.05, 4.69) is 25.4 Å². The lowest BCUT2D eigenvalue weighted by Crippen LogP contribution is -2.48. The summed E-state index contributed by atoms with van der Waals surface area (Å²) in [5.74, 6) is 1.69. The summed E-state index contributed by atoms with van der Waals surface area (Å²) in [4.78, 5) is 20.8. The van der Waals surface area contributed by atoms with Crippen LogP contribution in [0.5, 0.6) is 0 Å². The van der Waals surface area contributed by atoms with Crippen molar-refractivity contribution < 1.29 is 4.79 Å². The van der Waals surface area contributed by atoms with Gasteiger partial charge in [0.2, 0.25) is 5.91 Å². The van der Waals surface area contributed by atoms with E-state index < -0.39 is 0 Å². The van der Waals surface area contributed by atoms with Gasteiger partial charge in [0.1, 0.15) is 0 Å². The zero-order valence-electron chi connectivity index (χ0n) is 14.8. The van der Waals surface area contributed by atoms with Gasteiger partial charge in [-0.15, -0.1) is 0 Å². The van der Waals surface area contributed by atoms with Gasteiger partial charge in [0.25, 0.3) is 0 Å². The molecule has 2 aliphatic heterocycles. The molecule has 2 heterocycles. The number of aliphatic imine (C=N–C) groups is 1.